The Morgan fingerprint density at radius 2 is 2.21 bits per heavy atom. The number of aromatic nitrogens is 4. The van der Waals surface area contributed by atoms with Crippen molar-refractivity contribution in [3.63, 3.8) is 0 Å². The summed E-state index contributed by atoms with van der Waals surface area (Å²) in [6.07, 6.45) is 6.39. The quantitative estimate of drug-likeness (QED) is 0.718. The number of hydrogen-bond acceptors (Lipinski definition) is 5. The molecule has 0 spiro atoms. The Morgan fingerprint density at radius 1 is 1.34 bits per heavy atom. The first kappa shape index (κ1) is 19.2. The van der Waals surface area contributed by atoms with E-state index in [0.29, 0.717) is 17.4 Å². The molecule has 1 atom stereocenters. The molecular formula is C21H26N6O2. The van der Waals surface area contributed by atoms with Crippen LogP contribution in [-0.2, 0) is 17.8 Å². The molecule has 1 aromatic carbocycles. The van der Waals surface area contributed by atoms with E-state index in [1.54, 1.807) is 12.4 Å². The fourth-order valence-corrected chi connectivity index (χ4v) is 3.85. The predicted molar refractivity (Wildman–Crippen MR) is 112 cm³/mol. The molecule has 8 heteroatoms. The molecule has 2 aromatic heterocycles. The van der Waals surface area contributed by atoms with Crippen molar-refractivity contribution in [2.45, 2.75) is 39.7 Å². The van der Waals surface area contributed by atoms with Gasteiger partial charge < -0.3 is 10.2 Å². The van der Waals surface area contributed by atoms with Crippen molar-refractivity contribution in [3.05, 3.63) is 52.7 Å². The smallest absolute Gasteiger partial charge is 0.350 e. The second kappa shape index (κ2) is 8.06. The van der Waals surface area contributed by atoms with Crippen LogP contribution in [0.5, 0.6) is 0 Å². The van der Waals surface area contributed by atoms with E-state index in [0.717, 1.165) is 37.2 Å². The van der Waals surface area contributed by atoms with Crippen LogP contribution in [0.1, 0.15) is 32.3 Å². The molecule has 3 heterocycles. The van der Waals surface area contributed by atoms with Gasteiger partial charge in [0, 0.05) is 31.2 Å². The van der Waals surface area contributed by atoms with Gasteiger partial charge in [-0.25, -0.2) is 18.9 Å². The van der Waals surface area contributed by atoms with Gasteiger partial charge in [0.15, 0.2) is 5.82 Å². The van der Waals surface area contributed by atoms with Crippen LogP contribution < -0.4 is 15.9 Å². The third kappa shape index (κ3) is 4.01. The van der Waals surface area contributed by atoms with Gasteiger partial charge in [0.1, 0.15) is 6.54 Å². The van der Waals surface area contributed by atoms with Crippen molar-refractivity contribution in [2.75, 3.05) is 23.3 Å². The van der Waals surface area contributed by atoms with Gasteiger partial charge in [-0.3, -0.25) is 4.79 Å². The Bertz CT molecular complexity index is 1090. The minimum atomic E-state index is -0.342. The van der Waals surface area contributed by atoms with Crippen LogP contribution >= 0.6 is 0 Å². The summed E-state index contributed by atoms with van der Waals surface area (Å²) in [4.78, 5) is 31.9. The summed E-state index contributed by atoms with van der Waals surface area (Å²) in [7, 11) is 0. The average molecular weight is 394 g/mol. The second-order valence-electron chi connectivity index (χ2n) is 7.68. The van der Waals surface area contributed by atoms with Crippen LogP contribution in [0.15, 0.2) is 41.5 Å². The largest absolute Gasteiger partial charge is 0.353 e. The molecule has 0 unspecified atom stereocenters. The van der Waals surface area contributed by atoms with Crippen molar-refractivity contribution in [2.24, 2.45) is 5.92 Å². The Labute approximate surface area is 169 Å². The van der Waals surface area contributed by atoms with E-state index in [1.807, 2.05) is 24.3 Å². The van der Waals surface area contributed by atoms with Crippen molar-refractivity contribution < 1.29 is 4.79 Å². The molecule has 1 fully saturated rings. The Balaban J connectivity index is 1.58. The molecule has 1 N–H and O–H groups in total. The van der Waals surface area contributed by atoms with E-state index < -0.39 is 0 Å². The Morgan fingerprint density at radius 3 is 3.00 bits per heavy atom. The van der Waals surface area contributed by atoms with Crippen LogP contribution in [0, 0.1) is 5.92 Å². The zero-order valence-electron chi connectivity index (χ0n) is 16.8. The Kier molecular flexibility index (Phi) is 5.33. The maximum absolute atomic E-state index is 12.8. The van der Waals surface area contributed by atoms with Gasteiger partial charge in [0.05, 0.1) is 0 Å². The minimum absolute atomic E-state index is 0.146. The number of amides is 1. The highest BCUT2D eigenvalue weighted by Gasteiger charge is 2.22. The van der Waals surface area contributed by atoms with Crippen LogP contribution in [0.25, 0.3) is 5.65 Å². The zero-order valence-corrected chi connectivity index (χ0v) is 16.8. The number of nitrogens with zero attached hydrogens (tertiary/aromatic N) is 5. The lowest BCUT2D eigenvalue weighted by molar-refractivity contribution is -0.117. The van der Waals surface area contributed by atoms with Gasteiger partial charge >= 0.3 is 5.69 Å². The molecule has 8 nitrogen and oxygen atoms in total. The zero-order chi connectivity index (χ0) is 20.4. The normalized spacial score (nSPS) is 16.9. The van der Waals surface area contributed by atoms with E-state index in [2.05, 4.69) is 34.1 Å². The summed E-state index contributed by atoms with van der Waals surface area (Å²) >= 11 is 0. The summed E-state index contributed by atoms with van der Waals surface area (Å²) in [5.41, 5.74) is 2.01. The number of carbonyl (C=O) groups is 1. The standard InChI is InChI=1S/C21H26N6O2/c1-3-16-7-4-8-17(12-16)23-18(28)14-27-21(29)26-11-9-22-19(20(26)24-27)25-10-5-6-15(2)13-25/h4,7-9,11-12,15H,3,5-6,10,13-14H2,1-2H3,(H,23,28)/t15-/m1/s1. The molecule has 0 bridgehead atoms. The number of aryl methyl sites for hydroxylation is 1. The highest BCUT2D eigenvalue weighted by atomic mass is 16.2. The summed E-state index contributed by atoms with van der Waals surface area (Å²) in [5.74, 6) is 0.986. The summed E-state index contributed by atoms with van der Waals surface area (Å²) in [5, 5.41) is 7.28. The van der Waals surface area contributed by atoms with Crippen molar-refractivity contribution in [1.82, 2.24) is 19.2 Å². The lowest BCUT2D eigenvalue weighted by Crippen LogP contribution is -2.35. The fraction of sp³-hybridized carbons (Fsp3) is 0.429. The van der Waals surface area contributed by atoms with E-state index in [4.69, 9.17) is 0 Å². The number of rotatable bonds is 5. The first-order valence-electron chi connectivity index (χ1n) is 10.1. The lowest BCUT2D eigenvalue weighted by atomic mass is 10.0. The molecule has 1 aliphatic heterocycles. The number of hydrogen-bond donors (Lipinski definition) is 1. The molecule has 1 saturated heterocycles. The topological polar surface area (TPSA) is 84.5 Å². The summed E-state index contributed by atoms with van der Waals surface area (Å²) in [6.45, 7) is 5.92. The minimum Gasteiger partial charge on any atom is -0.353 e. The van der Waals surface area contributed by atoms with E-state index in [-0.39, 0.29) is 18.1 Å². The van der Waals surface area contributed by atoms with Gasteiger partial charge in [-0.05, 0) is 42.9 Å². The highest BCUT2D eigenvalue weighted by molar-refractivity contribution is 5.90. The van der Waals surface area contributed by atoms with Gasteiger partial charge in [-0.2, -0.15) is 0 Å². The number of nitrogens with one attached hydrogen (secondary N) is 1. The number of carbonyl (C=O) groups excluding carboxylic acids is 1. The monoisotopic (exact) mass is 394 g/mol. The number of piperidine rings is 1. The van der Waals surface area contributed by atoms with Gasteiger partial charge in [-0.15, -0.1) is 5.10 Å². The third-order valence-corrected chi connectivity index (χ3v) is 5.35. The van der Waals surface area contributed by atoms with Gasteiger partial charge in [-0.1, -0.05) is 26.0 Å². The van der Waals surface area contributed by atoms with Gasteiger partial charge in [0.2, 0.25) is 11.6 Å². The number of anilines is 2. The number of benzene rings is 1. The van der Waals surface area contributed by atoms with E-state index in [1.165, 1.54) is 15.5 Å². The van der Waals surface area contributed by atoms with Crippen LogP contribution in [0.2, 0.25) is 0 Å². The number of fused-ring (bicyclic) bond motifs is 1. The van der Waals surface area contributed by atoms with Crippen molar-refractivity contribution >= 4 is 23.1 Å². The second-order valence-corrected chi connectivity index (χ2v) is 7.68. The molecule has 152 valence electrons. The first-order chi connectivity index (χ1) is 14.0. The molecular weight excluding hydrogens is 368 g/mol. The van der Waals surface area contributed by atoms with Gasteiger partial charge in [0.25, 0.3) is 0 Å². The van der Waals surface area contributed by atoms with E-state index in [9.17, 15) is 9.59 Å². The molecule has 4 rings (SSSR count). The van der Waals surface area contributed by atoms with Crippen molar-refractivity contribution in [1.29, 1.82) is 0 Å². The molecule has 3 aromatic rings. The molecule has 0 saturated carbocycles. The molecule has 0 aliphatic carbocycles. The third-order valence-electron chi connectivity index (χ3n) is 5.35. The van der Waals surface area contributed by atoms with Crippen molar-refractivity contribution in [3.8, 4) is 0 Å². The maximum atomic E-state index is 12.8. The average Bonchev–Trinajstić information content (AvgIpc) is 3.03. The van der Waals surface area contributed by atoms with E-state index >= 15 is 0 Å². The molecule has 29 heavy (non-hydrogen) atoms. The predicted octanol–water partition coefficient (Wildman–Crippen LogP) is 2.33. The SMILES string of the molecule is CCc1cccc(NC(=O)Cn2nc3c(N4CCC[C@@H](C)C4)nccn3c2=O)c1. The molecule has 0 radical (unpaired) electrons. The first-order valence-corrected chi connectivity index (χ1v) is 10.1. The van der Waals surface area contributed by atoms with Crippen LogP contribution in [0.4, 0.5) is 11.5 Å². The lowest BCUT2D eigenvalue weighted by Gasteiger charge is -2.31. The summed E-state index contributed by atoms with van der Waals surface area (Å²) in [6, 6.07) is 7.69. The maximum Gasteiger partial charge on any atom is 0.350 e. The molecule has 1 aliphatic rings. The Hall–Kier alpha value is -3.16. The van der Waals surface area contributed by atoms with Crippen LogP contribution in [0.3, 0.4) is 0 Å². The molecule has 1 amide bonds. The fourth-order valence-electron chi connectivity index (χ4n) is 3.85. The highest BCUT2D eigenvalue weighted by Crippen LogP contribution is 2.23. The summed E-state index contributed by atoms with van der Waals surface area (Å²) < 4.78 is 2.67. The van der Waals surface area contributed by atoms with Crippen LogP contribution in [-0.4, -0.2) is 38.2 Å².